The average molecular weight is 333 g/mol. The van der Waals surface area contributed by atoms with Crippen LogP contribution in [0.15, 0.2) is 25.5 Å². The Bertz CT molecular complexity index is 517. The maximum atomic E-state index is 5.85. The standard InChI is InChI=1S/C11H11Br2NO/c1-5-8-3-7(12)4-9(13)11(8)15-10(5)6(2)14/h3-4,6H,14H2,1-2H3. The molecular weight excluding hydrogens is 322 g/mol. The van der Waals surface area contributed by atoms with Crippen molar-refractivity contribution in [2.24, 2.45) is 5.73 Å². The van der Waals surface area contributed by atoms with E-state index in [9.17, 15) is 0 Å². The van der Waals surface area contributed by atoms with Crippen LogP contribution in [0.4, 0.5) is 0 Å². The minimum atomic E-state index is -0.0805. The number of hydrogen-bond acceptors (Lipinski definition) is 2. The first-order valence-corrected chi connectivity index (χ1v) is 6.23. The first-order valence-electron chi connectivity index (χ1n) is 4.64. The topological polar surface area (TPSA) is 39.2 Å². The number of rotatable bonds is 1. The second-order valence-electron chi connectivity index (χ2n) is 3.64. The monoisotopic (exact) mass is 331 g/mol. The summed E-state index contributed by atoms with van der Waals surface area (Å²) in [5.41, 5.74) is 7.82. The molecule has 2 N–H and O–H groups in total. The fourth-order valence-electron chi connectivity index (χ4n) is 1.70. The third-order valence-electron chi connectivity index (χ3n) is 2.41. The molecule has 0 aliphatic heterocycles. The lowest BCUT2D eigenvalue weighted by molar-refractivity contribution is 0.508. The normalized spacial score (nSPS) is 13.4. The zero-order chi connectivity index (χ0) is 11.2. The van der Waals surface area contributed by atoms with Gasteiger partial charge in [-0.1, -0.05) is 15.9 Å². The Labute approximate surface area is 105 Å². The van der Waals surface area contributed by atoms with Crippen molar-refractivity contribution in [3.05, 3.63) is 32.4 Å². The number of benzene rings is 1. The summed E-state index contributed by atoms with van der Waals surface area (Å²) in [6.07, 6.45) is 0. The molecule has 0 saturated carbocycles. The summed E-state index contributed by atoms with van der Waals surface area (Å²) < 4.78 is 7.73. The van der Waals surface area contributed by atoms with Crippen LogP contribution >= 0.6 is 31.9 Å². The van der Waals surface area contributed by atoms with Crippen LogP contribution in [0, 0.1) is 6.92 Å². The first-order chi connectivity index (χ1) is 7.00. The van der Waals surface area contributed by atoms with Crippen molar-refractivity contribution >= 4 is 42.8 Å². The summed E-state index contributed by atoms with van der Waals surface area (Å²) in [5, 5.41) is 1.10. The zero-order valence-electron chi connectivity index (χ0n) is 8.47. The van der Waals surface area contributed by atoms with Gasteiger partial charge in [-0.25, -0.2) is 0 Å². The van der Waals surface area contributed by atoms with Crippen LogP contribution < -0.4 is 5.73 Å². The lowest BCUT2D eigenvalue weighted by Crippen LogP contribution is -2.04. The van der Waals surface area contributed by atoms with Crippen LogP contribution in [-0.2, 0) is 0 Å². The number of hydrogen-bond donors (Lipinski definition) is 1. The Morgan fingerprint density at radius 2 is 2.00 bits per heavy atom. The van der Waals surface area contributed by atoms with Gasteiger partial charge in [0.1, 0.15) is 11.3 Å². The van der Waals surface area contributed by atoms with E-state index in [1.165, 1.54) is 0 Å². The maximum Gasteiger partial charge on any atom is 0.148 e. The molecule has 2 aromatic rings. The van der Waals surface area contributed by atoms with E-state index in [2.05, 4.69) is 31.9 Å². The molecule has 80 valence electrons. The third-order valence-corrected chi connectivity index (χ3v) is 3.45. The van der Waals surface area contributed by atoms with Crippen LogP contribution in [0.2, 0.25) is 0 Å². The molecule has 2 nitrogen and oxygen atoms in total. The highest BCUT2D eigenvalue weighted by molar-refractivity contribution is 9.11. The molecule has 4 heteroatoms. The zero-order valence-corrected chi connectivity index (χ0v) is 11.6. The smallest absolute Gasteiger partial charge is 0.148 e. The van der Waals surface area contributed by atoms with Crippen molar-refractivity contribution < 1.29 is 4.42 Å². The average Bonchev–Trinajstić information content (AvgIpc) is 2.44. The van der Waals surface area contributed by atoms with Gasteiger partial charge in [0.25, 0.3) is 0 Å². The number of halogens is 2. The minimum absolute atomic E-state index is 0.0805. The maximum absolute atomic E-state index is 5.85. The Kier molecular flexibility index (Phi) is 2.92. The van der Waals surface area contributed by atoms with E-state index in [1.807, 2.05) is 26.0 Å². The van der Waals surface area contributed by atoms with Crippen molar-refractivity contribution in [2.45, 2.75) is 19.9 Å². The Morgan fingerprint density at radius 3 is 2.60 bits per heavy atom. The van der Waals surface area contributed by atoms with Gasteiger partial charge in [0.2, 0.25) is 0 Å². The molecule has 0 bridgehead atoms. The Balaban J connectivity index is 2.82. The molecule has 0 aliphatic carbocycles. The number of aryl methyl sites for hydroxylation is 1. The molecule has 1 atom stereocenters. The lowest BCUT2D eigenvalue weighted by atomic mass is 10.1. The van der Waals surface area contributed by atoms with Gasteiger partial charge in [-0.15, -0.1) is 0 Å². The molecule has 15 heavy (non-hydrogen) atoms. The third kappa shape index (κ3) is 1.86. The number of fused-ring (bicyclic) bond motifs is 1. The van der Waals surface area contributed by atoms with E-state index in [1.54, 1.807) is 0 Å². The summed E-state index contributed by atoms with van der Waals surface area (Å²) >= 11 is 6.94. The molecule has 1 aromatic heterocycles. The van der Waals surface area contributed by atoms with Crippen molar-refractivity contribution in [1.29, 1.82) is 0 Å². The van der Waals surface area contributed by atoms with E-state index >= 15 is 0 Å². The van der Waals surface area contributed by atoms with E-state index in [4.69, 9.17) is 10.2 Å². The molecule has 0 amide bonds. The van der Waals surface area contributed by atoms with Gasteiger partial charge < -0.3 is 10.2 Å². The Hall–Kier alpha value is -0.320. The molecule has 0 spiro atoms. The quantitative estimate of drug-likeness (QED) is 0.846. The highest BCUT2D eigenvalue weighted by Crippen LogP contribution is 2.35. The van der Waals surface area contributed by atoms with E-state index in [0.29, 0.717) is 0 Å². The summed E-state index contributed by atoms with van der Waals surface area (Å²) in [6, 6.07) is 3.93. The molecule has 2 rings (SSSR count). The highest BCUT2D eigenvalue weighted by atomic mass is 79.9. The molecule has 0 aliphatic rings. The first kappa shape index (κ1) is 11.2. The molecule has 1 unspecified atom stereocenters. The van der Waals surface area contributed by atoms with Crippen molar-refractivity contribution in [2.75, 3.05) is 0 Å². The largest absolute Gasteiger partial charge is 0.458 e. The van der Waals surface area contributed by atoms with E-state index in [0.717, 1.165) is 31.2 Å². The molecule has 1 aromatic carbocycles. The van der Waals surface area contributed by atoms with Gasteiger partial charge in [-0.2, -0.15) is 0 Å². The van der Waals surface area contributed by atoms with Gasteiger partial charge >= 0.3 is 0 Å². The number of furan rings is 1. The molecule has 0 saturated heterocycles. The van der Waals surface area contributed by atoms with Gasteiger partial charge in [-0.3, -0.25) is 0 Å². The van der Waals surface area contributed by atoms with E-state index in [-0.39, 0.29) is 6.04 Å². The predicted octanol–water partition coefficient (Wildman–Crippen LogP) is 4.29. The van der Waals surface area contributed by atoms with Crippen LogP contribution in [0.25, 0.3) is 11.0 Å². The van der Waals surface area contributed by atoms with Crippen LogP contribution in [0.1, 0.15) is 24.3 Å². The van der Waals surface area contributed by atoms with Gasteiger partial charge in [-0.05, 0) is 41.9 Å². The fourth-order valence-corrected chi connectivity index (χ4v) is 3.00. The molecular formula is C11H11Br2NO. The molecule has 0 fully saturated rings. The van der Waals surface area contributed by atoms with Crippen molar-refractivity contribution in [3.63, 3.8) is 0 Å². The fraction of sp³-hybridized carbons (Fsp3) is 0.273. The summed E-state index contributed by atoms with van der Waals surface area (Å²) in [7, 11) is 0. The summed E-state index contributed by atoms with van der Waals surface area (Å²) in [6.45, 7) is 3.96. The minimum Gasteiger partial charge on any atom is -0.458 e. The number of nitrogens with two attached hydrogens (primary N) is 1. The van der Waals surface area contributed by atoms with E-state index < -0.39 is 0 Å². The predicted molar refractivity (Wildman–Crippen MR) is 69.0 cm³/mol. The van der Waals surface area contributed by atoms with Crippen molar-refractivity contribution in [3.8, 4) is 0 Å². The van der Waals surface area contributed by atoms with Gasteiger partial charge in [0.15, 0.2) is 0 Å². The summed E-state index contributed by atoms with van der Waals surface area (Å²) in [5.74, 6) is 0.851. The molecule has 1 heterocycles. The van der Waals surface area contributed by atoms with Gasteiger partial charge in [0, 0.05) is 15.4 Å². The van der Waals surface area contributed by atoms with Crippen molar-refractivity contribution in [1.82, 2.24) is 0 Å². The second kappa shape index (κ2) is 3.92. The van der Waals surface area contributed by atoms with Gasteiger partial charge in [0.05, 0.1) is 10.5 Å². The van der Waals surface area contributed by atoms with Crippen LogP contribution in [0.3, 0.4) is 0 Å². The SMILES string of the molecule is Cc1c(C(C)N)oc2c(Br)cc(Br)cc12. The molecule has 0 radical (unpaired) electrons. The Morgan fingerprint density at radius 1 is 1.33 bits per heavy atom. The van der Waals surface area contributed by atoms with Crippen LogP contribution in [-0.4, -0.2) is 0 Å². The summed E-state index contributed by atoms with van der Waals surface area (Å²) in [4.78, 5) is 0. The lowest BCUT2D eigenvalue weighted by Gasteiger charge is -2.00. The highest BCUT2D eigenvalue weighted by Gasteiger charge is 2.15. The second-order valence-corrected chi connectivity index (χ2v) is 5.41. The van der Waals surface area contributed by atoms with Crippen LogP contribution in [0.5, 0.6) is 0 Å².